The Morgan fingerprint density at radius 3 is 2.65 bits per heavy atom. The minimum absolute atomic E-state index is 0.00778. The molecule has 2 heterocycles. The van der Waals surface area contributed by atoms with Crippen molar-refractivity contribution in [1.29, 1.82) is 0 Å². The number of aryl methyl sites for hydroxylation is 3. The van der Waals surface area contributed by atoms with E-state index in [1.807, 2.05) is 24.3 Å². The Morgan fingerprint density at radius 1 is 1.27 bits per heavy atom. The summed E-state index contributed by atoms with van der Waals surface area (Å²) < 4.78 is 10.5. The second kappa shape index (κ2) is 7.97. The summed E-state index contributed by atoms with van der Waals surface area (Å²) in [6.07, 6.45) is 2.87. The van der Waals surface area contributed by atoms with E-state index >= 15 is 0 Å². The molecule has 0 unspecified atom stereocenters. The summed E-state index contributed by atoms with van der Waals surface area (Å²) in [6, 6.07) is 9.46. The molecule has 0 saturated heterocycles. The van der Waals surface area contributed by atoms with Crippen molar-refractivity contribution in [2.45, 2.75) is 19.8 Å². The van der Waals surface area contributed by atoms with Crippen LogP contribution in [0.1, 0.15) is 27.2 Å². The lowest BCUT2D eigenvalue weighted by Gasteiger charge is -2.07. The van der Waals surface area contributed by atoms with Gasteiger partial charge < -0.3 is 9.15 Å². The highest BCUT2D eigenvalue weighted by Gasteiger charge is 2.17. The number of rotatable bonds is 6. The van der Waals surface area contributed by atoms with Crippen molar-refractivity contribution in [3.8, 4) is 5.75 Å². The Hall–Kier alpha value is -2.93. The maximum Gasteiger partial charge on any atom is 0.349 e. The number of nitrogens with zero attached hydrogens (tertiary/aromatic N) is 1. The third kappa shape index (κ3) is 4.18. The van der Waals surface area contributed by atoms with Gasteiger partial charge in [-0.2, -0.15) is 0 Å². The van der Waals surface area contributed by atoms with Crippen LogP contribution in [0.3, 0.4) is 0 Å². The molecule has 0 bridgehead atoms. The molecule has 2 aromatic heterocycles. The molecule has 0 aliphatic heterocycles. The van der Waals surface area contributed by atoms with E-state index in [4.69, 9.17) is 9.15 Å². The fourth-order valence-electron chi connectivity index (χ4n) is 2.57. The van der Waals surface area contributed by atoms with Gasteiger partial charge in [-0.05, 0) is 42.7 Å². The van der Waals surface area contributed by atoms with Gasteiger partial charge in [0.05, 0.1) is 7.11 Å². The van der Waals surface area contributed by atoms with Gasteiger partial charge in [0.2, 0.25) is 0 Å². The van der Waals surface area contributed by atoms with E-state index in [-0.39, 0.29) is 5.56 Å². The molecule has 1 N–H and O–H groups in total. The number of aromatic nitrogens is 1. The topological polar surface area (TPSA) is 81.4 Å². The number of hydrogen-bond acceptors (Lipinski definition) is 6. The monoisotopic (exact) mass is 370 g/mol. The first kappa shape index (κ1) is 17.9. The summed E-state index contributed by atoms with van der Waals surface area (Å²) in [7, 11) is 1.62. The van der Waals surface area contributed by atoms with Gasteiger partial charge in [-0.25, -0.2) is 9.78 Å². The number of hydrogen-bond donors (Lipinski definition) is 1. The molecule has 1 aromatic carbocycles. The summed E-state index contributed by atoms with van der Waals surface area (Å²) in [6.45, 7) is 1.73. The SMILES string of the molecule is COc1ccc(CCc2cc(C)c(C(=O)Nc3nccs3)c(=O)o2)cc1. The zero-order valence-corrected chi connectivity index (χ0v) is 15.3. The van der Waals surface area contributed by atoms with E-state index in [2.05, 4.69) is 10.3 Å². The average molecular weight is 370 g/mol. The van der Waals surface area contributed by atoms with E-state index < -0.39 is 11.5 Å². The first-order chi connectivity index (χ1) is 12.6. The second-order valence-corrected chi connectivity index (χ2v) is 6.59. The normalized spacial score (nSPS) is 10.5. The van der Waals surface area contributed by atoms with Gasteiger partial charge in [0.25, 0.3) is 5.91 Å². The van der Waals surface area contributed by atoms with Crippen LogP contribution in [0.4, 0.5) is 5.13 Å². The van der Waals surface area contributed by atoms with E-state index in [0.717, 1.165) is 17.7 Å². The number of methoxy groups -OCH3 is 1. The molecule has 3 rings (SSSR count). The quantitative estimate of drug-likeness (QED) is 0.719. The fraction of sp³-hybridized carbons (Fsp3) is 0.211. The largest absolute Gasteiger partial charge is 0.497 e. The molecule has 0 fully saturated rings. The highest BCUT2D eigenvalue weighted by atomic mass is 32.1. The van der Waals surface area contributed by atoms with E-state index in [1.165, 1.54) is 11.3 Å². The van der Waals surface area contributed by atoms with Gasteiger partial charge >= 0.3 is 5.63 Å². The third-order valence-electron chi connectivity index (χ3n) is 3.90. The van der Waals surface area contributed by atoms with Crippen molar-refractivity contribution >= 4 is 22.4 Å². The molecule has 26 heavy (non-hydrogen) atoms. The Labute approximate surface area is 154 Å². The van der Waals surface area contributed by atoms with Gasteiger partial charge in [-0.1, -0.05) is 12.1 Å². The van der Waals surface area contributed by atoms with Crippen LogP contribution in [0, 0.1) is 6.92 Å². The van der Waals surface area contributed by atoms with Crippen molar-refractivity contribution in [1.82, 2.24) is 4.98 Å². The molecule has 0 atom stereocenters. The van der Waals surface area contributed by atoms with Crippen molar-refractivity contribution in [2.75, 3.05) is 12.4 Å². The lowest BCUT2D eigenvalue weighted by atomic mass is 10.1. The molecule has 7 heteroatoms. The fourth-order valence-corrected chi connectivity index (χ4v) is 3.10. The summed E-state index contributed by atoms with van der Waals surface area (Å²) in [5.74, 6) is 0.841. The standard InChI is InChI=1S/C19H18N2O4S/c1-12-11-15(8-5-13-3-6-14(24-2)7-4-13)25-18(23)16(12)17(22)21-19-20-9-10-26-19/h3-4,6-7,9-11H,5,8H2,1-2H3,(H,20,21,22). The summed E-state index contributed by atoms with van der Waals surface area (Å²) in [5, 5.41) is 4.79. The second-order valence-electron chi connectivity index (χ2n) is 5.70. The van der Waals surface area contributed by atoms with Gasteiger partial charge in [-0.3, -0.25) is 10.1 Å². The summed E-state index contributed by atoms with van der Waals surface area (Å²) in [5.41, 5.74) is 1.06. The number of carbonyl (C=O) groups excluding carboxylic acids is 1. The number of ether oxygens (including phenoxy) is 1. The average Bonchev–Trinajstić information content (AvgIpc) is 3.12. The zero-order chi connectivity index (χ0) is 18.5. The molecule has 134 valence electrons. The number of benzene rings is 1. The van der Waals surface area contributed by atoms with Gasteiger partial charge in [0, 0.05) is 18.0 Å². The molecule has 0 radical (unpaired) electrons. The predicted octanol–water partition coefficient (Wildman–Crippen LogP) is 3.45. The lowest BCUT2D eigenvalue weighted by Crippen LogP contribution is -2.23. The van der Waals surface area contributed by atoms with E-state index in [1.54, 1.807) is 31.7 Å². The maximum absolute atomic E-state index is 12.3. The van der Waals surface area contributed by atoms with Gasteiger partial charge in [0.1, 0.15) is 17.1 Å². The maximum atomic E-state index is 12.3. The molecule has 0 spiro atoms. The molecular formula is C19H18N2O4S. The minimum atomic E-state index is -0.635. The number of anilines is 1. The highest BCUT2D eigenvalue weighted by molar-refractivity contribution is 7.13. The van der Waals surface area contributed by atoms with Gasteiger partial charge in [0.15, 0.2) is 5.13 Å². The molecule has 3 aromatic rings. The Bertz CT molecular complexity index is 947. The van der Waals surface area contributed by atoms with Crippen LogP contribution in [-0.4, -0.2) is 18.0 Å². The molecule has 0 aliphatic rings. The van der Waals surface area contributed by atoms with Crippen molar-refractivity contribution in [3.05, 3.63) is 74.8 Å². The minimum Gasteiger partial charge on any atom is -0.497 e. The molecule has 0 saturated carbocycles. The number of nitrogens with one attached hydrogen (secondary N) is 1. The van der Waals surface area contributed by atoms with Gasteiger partial charge in [-0.15, -0.1) is 11.3 Å². The number of thiazole rings is 1. The van der Waals surface area contributed by atoms with Crippen LogP contribution in [0.5, 0.6) is 5.75 Å². The highest BCUT2D eigenvalue weighted by Crippen LogP contribution is 2.16. The summed E-state index contributed by atoms with van der Waals surface area (Å²) in [4.78, 5) is 28.5. The van der Waals surface area contributed by atoms with Crippen molar-refractivity contribution in [2.24, 2.45) is 0 Å². The lowest BCUT2D eigenvalue weighted by molar-refractivity contribution is 0.102. The van der Waals surface area contributed by atoms with Crippen LogP contribution in [0.25, 0.3) is 0 Å². The smallest absolute Gasteiger partial charge is 0.349 e. The van der Waals surface area contributed by atoms with E-state index in [0.29, 0.717) is 22.9 Å². The first-order valence-electron chi connectivity index (χ1n) is 8.04. The zero-order valence-electron chi connectivity index (χ0n) is 14.4. The summed E-state index contributed by atoms with van der Waals surface area (Å²) >= 11 is 1.28. The third-order valence-corrected chi connectivity index (χ3v) is 4.59. The first-order valence-corrected chi connectivity index (χ1v) is 8.92. The van der Waals surface area contributed by atoms with Crippen LogP contribution >= 0.6 is 11.3 Å². The predicted molar refractivity (Wildman–Crippen MR) is 100 cm³/mol. The van der Waals surface area contributed by atoms with Crippen molar-refractivity contribution < 1.29 is 13.9 Å². The van der Waals surface area contributed by atoms with Crippen LogP contribution in [0.15, 0.2) is 51.1 Å². The molecular weight excluding hydrogens is 352 g/mol. The Morgan fingerprint density at radius 2 is 2.04 bits per heavy atom. The van der Waals surface area contributed by atoms with Crippen LogP contribution in [0.2, 0.25) is 0 Å². The number of carbonyl (C=O) groups is 1. The Kier molecular flexibility index (Phi) is 5.48. The Balaban J connectivity index is 1.72. The molecule has 0 aliphatic carbocycles. The number of amides is 1. The van der Waals surface area contributed by atoms with Crippen molar-refractivity contribution in [3.63, 3.8) is 0 Å². The van der Waals surface area contributed by atoms with Crippen LogP contribution in [-0.2, 0) is 12.8 Å². The molecule has 6 nitrogen and oxygen atoms in total. The molecule has 1 amide bonds. The van der Waals surface area contributed by atoms with Crippen LogP contribution < -0.4 is 15.7 Å². The van der Waals surface area contributed by atoms with E-state index in [9.17, 15) is 9.59 Å².